The molecule has 0 amide bonds. The second kappa shape index (κ2) is 7.62. The van der Waals surface area contributed by atoms with E-state index in [2.05, 4.69) is 15.0 Å². The zero-order chi connectivity index (χ0) is 18.8. The number of halogens is 1. The molecule has 1 aromatic carbocycles. The number of hydrogen-bond donors (Lipinski definition) is 1. The third-order valence-corrected chi connectivity index (χ3v) is 4.86. The molecule has 1 fully saturated rings. The number of furan rings is 1. The summed E-state index contributed by atoms with van der Waals surface area (Å²) in [5.41, 5.74) is 1.09. The molecular weight excluding hydrogens is 363 g/mol. The summed E-state index contributed by atoms with van der Waals surface area (Å²) in [4.78, 5) is 6.74. The maximum Gasteiger partial charge on any atom is 0.217 e. The first-order chi connectivity index (χ1) is 13.1. The minimum atomic E-state index is -0.212. The lowest BCUT2D eigenvalue weighted by Gasteiger charge is -2.22. The van der Waals surface area contributed by atoms with Crippen LogP contribution in [0.1, 0.15) is 35.7 Å². The Hall–Kier alpha value is -2.51. The number of nitrogens with zero attached hydrogens (tertiary/aromatic N) is 3. The molecule has 0 atom stereocenters. The molecule has 3 aromatic rings. The molecular formula is C20H21FN4OS. The predicted molar refractivity (Wildman–Crippen MR) is 105 cm³/mol. The van der Waals surface area contributed by atoms with Gasteiger partial charge in [-0.1, -0.05) is 12.1 Å². The van der Waals surface area contributed by atoms with Crippen molar-refractivity contribution >= 4 is 24.4 Å². The highest BCUT2D eigenvalue weighted by Gasteiger charge is 2.29. The van der Waals surface area contributed by atoms with Crippen LogP contribution in [-0.4, -0.2) is 25.7 Å². The van der Waals surface area contributed by atoms with Gasteiger partial charge in [-0.05, 0) is 74.0 Å². The van der Waals surface area contributed by atoms with E-state index in [4.69, 9.17) is 16.6 Å². The van der Waals surface area contributed by atoms with Gasteiger partial charge in [-0.15, -0.1) is 0 Å². The van der Waals surface area contributed by atoms with Crippen molar-refractivity contribution in [2.24, 2.45) is 0 Å². The highest BCUT2D eigenvalue weighted by Crippen LogP contribution is 2.28. The monoisotopic (exact) mass is 384 g/mol. The van der Waals surface area contributed by atoms with E-state index < -0.39 is 0 Å². The van der Waals surface area contributed by atoms with Gasteiger partial charge in [-0.25, -0.2) is 9.07 Å². The van der Waals surface area contributed by atoms with Crippen molar-refractivity contribution in [3.05, 3.63) is 69.9 Å². The van der Waals surface area contributed by atoms with Gasteiger partial charge in [0.1, 0.15) is 23.2 Å². The van der Waals surface area contributed by atoms with E-state index in [1.165, 1.54) is 25.0 Å². The molecule has 0 unspecified atom stereocenters. The second-order valence-electron chi connectivity index (χ2n) is 6.85. The van der Waals surface area contributed by atoms with E-state index in [1.54, 1.807) is 0 Å². The van der Waals surface area contributed by atoms with E-state index >= 15 is 0 Å². The lowest BCUT2D eigenvalue weighted by Crippen LogP contribution is -2.29. The molecule has 0 radical (unpaired) electrons. The highest BCUT2D eigenvalue weighted by molar-refractivity contribution is 7.71. The van der Waals surface area contributed by atoms with Gasteiger partial charge in [0, 0.05) is 12.6 Å². The molecule has 2 heterocycles. The molecule has 5 nitrogen and oxygen atoms in total. The minimum absolute atomic E-state index is 0.212. The second-order valence-corrected chi connectivity index (χ2v) is 7.21. The number of aromatic amines is 1. The van der Waals surface area contributed by atoms with Crippen molar-refractivity contribution in [1.29, 1.82) is 0 Å². The first-order valence-electron chi connectivity index (χ1n) is 8.97. The number of aromatic nitrogens is 3. The summed E-state index contributed by atoms with van der Waals surface area (Å²) in [7, 11) is 0. The van der Waals surface area contributed by atoms with Crippen LogP contribution in [0.5, 0.6) is 0 Å². The Kier molecular flexibility index (Phi) is 5.05. The van der Waals surface area contributed by atoms with Crippen molar-refractivity contribution in [2.75, 3.05) is 0 Å². The highest BCUT2D eigenvalue weighted by atomic mass is 32.1. The van der Waals surface area contributed by atoms with Crippen LogP contribution < -0.4 is 0 Å². The molecule has 1 aliphatic carbocycles. The molecule has 140 valence electrons. The smallest absolute Gasteiger partial charge is 0.217 e. The number of rotatable bonds is 7. The predicted octanol–water partition coefficient (Wildman–Crippen LogP) is 4.77. The standard InChI is InChI=1S/C20H21FN4OS/c1-14-2-9-18(26-14)10-11-19-22-20(27)25(23-19)13-24(17-7-8-17)12-15-3-5-16(21)6-4-15/h2-6,9-11,17H,7-8,12-13H2,1H3,(H,22,23,27). The van der Waals surface area contributed by atoms with E-state index in [1.807, 2.05) is 48.0 Å². The number of hydrogen-bond acceptors (Lipinski definition) is 4. The molecule has 0 saturated heterocycles. The summed E-state index contributed by atoms with van der Waals surface area (Å²) in [6.45, 7) is 3.29. The Morgan fingerprint density at radius 2 is 2.04 bits per heavy atom. The van der Waals surface area contributed by atoms with Crippen LogP contribution in [0, 0.1) is 17.5 Å². The Balaban J connectivity index is 1.47. The van der Waals surface area contributed by atoms with Crippen LogP contribution in [0.2, 0.25) is 0 Å². The molecule has 0 spiro atoms. The van der Waals surface area contributed by atoms with Gasteiger partial charge in [0.2, 0.25) is 4.77 Å². The lowest BCUT2D eigenvalue weighted by atomic mass is 10.2. The van der Waals surface area contributed by atoms with Gasteiger partial charge in [0.15, 0.2) is 0 Å². The fourth-order valence-electron chi connectivity index (χ4n) is 2.99. The number of aryl methyl sites for hydroxylation is 1. The number of benzene rings is 1. The summed E-state index contributed by atoms with van der Waals surface area (Å²) >= 11 is 5.40. The van der Waals surface area contributed by atoms with Crippen LogP contribution in [0.25, 0.3) is 12.2 Å². The van der Waals surface area contributed by atoms with E-state index in [9.17, 15) is 4.39 Å². The third-order valence-electron chi connectivity index (χ3n) is 4.55. The fourth-order valence-corrected chi connectivity index (χ4v) is 3.19. The topological polar surface area (TPSA) is 50.0 Å². The Labute approximate surface area is 162 Å². The zero-order valence-electron chi connectivity index (χ0n) is 15.1. The summed E-state index contributed by atoms with van der Waals surface area (Å²) < 4.78 is 21.0. The summed E-state index contributed by atoms with van der Waals surface area (Å²) in [5.74, 6) is 2.12. The van der Waals surface area contributed by atoms with Crippen LogP contribution in [0.15, 0.2) is 40.8 Å². The van der Waals surface area contributed by atoms with Crippen molar-refractivity contribution in [2.45, 2.75) is 39.0 Å². The maximum absolute atomic E-state index is 13.1. The summed E-state index contributed by atoms with van der Waals surface area (Å²) in [6, 6.07) is 11.0. The van der Waals surface area contributed by atoms with Crippen LogP contribution >= 0.6 is 12.2 Å². The SMILES string of the molecule is Cc1ccc(C=Cc2nc(=S)n(CN(Cc3ccc(F)cc3)C3CC3)[nH]2)o1. The molecule has 1 N–H and O–H groups in total. The minimum Gasteiger partial charge on any atom is -0.462 e. The molecule has 4 rings (SSSR count). The number of H-pyrrole nitrogens is 1. The average Bonchev–Trinajstić information content (AvgIpc) is 3.32. The van der Waals surface area contributed by atoms with Crippen molar-refractivity contribution in [3.63, 3.8) is 0 Å². The van der Waals surface area contributed by atoms with Gasteiger partial charge in [-0.2, -0.15) is 4.98 Å². The molecule has 0 aliphatic heterocycles. The van der Waals surface area contributed by atoms with Gasteiger partial charge in [0.05, 0.1) is 6.67 Å². The van der Waals surface area contributed by atoms with Crippen molar-refractivity contribution in [3.8, 4) is 0 Å². The van der Waals surface area contributed by atoms with E-state index in [0.717, 1.165) is 23.6 Å². The Bertz CT molecular complexity index is 998. The van der Waals surface area contributed by atoms with E-state index in [-0.39, 0.29) is 5.82 Å². The summed E-state index contributed by atoms with van der Waals surface area (Å²) in [5, 5.41) is 3.24. The maximum atomic E-state index is 13.1. The third kappa shape index (κ3) is 4.61. The van der Waals surface area contributed by atoms with Crippen LogP contribution in [0.3, 0.4) is 0 Å². The van der Waals surface area contributed by atoms with Crippen molar-refractivity contribution in [1.82, 2.24) is 19.7 Å². The average molecular weight is 384 g/mol. The fraction of sp³-hybridized carbons (Fsp3) is 0.300. The van der Waals surface area contributed by atoms with Gasteiger partial charge >= 0.3 is 0 Å². The molecule has 7 heteroatoms. The largest absolute Gasteiger partial charge is 0.462 e. The first-order valence-corrected chi connectivity index (χ1v) is 9.37. The molecule has 1 aliphatic rings. The quantitative estimate of drug-likeness (QED) is 0.596. The van der Waals surface area contributed by atoms with Gasteiger partial charge in [0.25, 0.3) is 0 Å². The van der Waals surface area contributed by atoms with E-state index in [0.29, 0.717) is 23.3 Å². The Morgan fingerprint density at radius 1 is 1.26 bits per heavy atom. The van der Waals surface area contributed by atoms with Gasteiger partial charge in [-0.3, -0.25) is 10.00 Å². The Morgan fingerprint density at radius 3 is 2.70 bits per heavy atom. The zero-order valence-corrected chi connectivity index (χ0v) is 15.9. The van der Waals surface area contributed by atoms with Crippen LogP contribution in [-0.2, 0) is 13.2 Å². The molecule has 27 heavy (non-hydrogen) atoms. The van der Waals surface area contributed by atoms with Crippen LogP contribution in [0.4, 0.5) is 4.39 Å². The van der Waals surface area contributed by atoms with Gasteiger partial charge < -0.3 is 4.42 Å². The molecule has 2 aromatic heterocycles. The number of nitrogens with one attached hydrogen (secondary N) is 1. The summed E-state index contributed by atoms with van der Waals surface area (Å²) in [6.07, 6.45) is 6.06. The molecule has 0 bridgehead atoms. The normalized spacial score (nSPS) is 14.5. The molecule has 1 saturated carbocycles. The lowest BCUT2D eigenvalue weighted by molar-refractivity contribution is 0.186. The first kappa shape index (κ1) is 17.9. The van der Waals surface area contributed by atoms with Crippen molar-refractivity contribution < 1.29 is 8.81 Å².